The molecule has 4 saturated carbocycles. The van der Waals surface area contributed by atoms with Gasteiger partial charge in [0.25, 0.3) is 5.89 Å². The Kier molecular flexibility index (Phi) is 2.90. The summed E-state index contributed by atoms with van der Waals surface area (Å²) >= 11 is 0. The minimum absolute atomic E-state index is 0.0711. The van der Waals surface area contributed by atoms with Crippen LogP contribution in [0.15, 0.2) is 16.7 Å². The van der Waals surface area contributed by atoms with Crippen LogP contribution in [0.1, 0.15) is 38.5 Å². The van der Waals surface area contributed by atoms with Gasteiger partial charge in [0.05, 0.1) is 5.41 Å². The van der Waals surface area contributed by atoms with Crippen LogP contribution in [0.2, 0.25) is 0 Å². The number of nitrogens with zero attached hydrogens (tertiary/aromatic N) is 4. The van der Waals surface area contributed by atoms with Crippen molar-refractivity contribution >= 4 is 11.9 Å². The van der Waals surface area contributed by atoms with Crippen LogP contribution in [0.5, 0.6) is 0 Å². The van der Waals surface area contributed by atoms with Gasteiger partial charge in [-0.3, -0.25) is 14.8 Å². The largest absolute Gasteiger partial charge is 0.401 e. The van der Waals surface area contributed by atoms with Crippen LogP contribution in [0.4, 0.5) is 6.01 Å². The van der Waals surface area contributed by atoms with E-state index in [0.29, 0.717) is 5.89 Å². The third-order valence-electron chi connectivity index (χ3n) is 6.21. The first-order chi connectivity index (χ1) is 11.6. The predicted octanol–water partition coefficient (Wildman–Crippen LogP) is 2.63. The smallest absolute Gasteiger partial charge is 0.322 e. The van der Waals surface area contributed by atoms with Gasteiger partial charge in [-0.2, -0.15) is 5.10 Å². The van der Waals surface area contributed by atoms with Crippen LogP contribution in [-0.2, 0) is 11.8 Å². The quantitative estimate of drug-likeness (QED) is 0.936. The normalized spacial score (nSPS) is 33.8. The summed E-state index contributed by atoms with van der Waals surface area (Å²) in [5.74, 6) is 2.64. The molecular formula is C17H21N5O2. The molecule has 0 spiro atoms. The van der Waals surface area contributed by atoms with Crippen molar-refractivity contribution in [2.24, 2.45) is 30.2 Å². The second-order valence-corrected chi connectivity index (χ2v) is 7.90. The van der Waals surface area contributed by atoms with Crippen molar-refractivity contribution in [1.82, 2.24) is 20.0 Å². The molecule has 2 aromatic heterocycles. The average Bonchev–Trinajstić information content (AvgIpc) is 3.14. The number of hydrogen-bond donors (Lipinski definition) is 1. The van der Waals surface area contributed by atoms with E-state index in [2.05, 4.69) is 20.6 Å². The van der Waals surface area contributed by atoms with Gasteiger partial charge in [0.1, 0.15) is 5.69 Å². The number of aryl methyl sites for hydroxylation is 1. The summed E-state index contributed by atoms with van der Waals surface area (Å²) in [7, 11) is 1.81. The molecule has 1 amide bonds. The average molecular weight is 327 g/mol. The van der Waals surface area contributed by atoms with E-state index in [9.17, 15) is 4.79 Å². The van der Waals surface area contributed by atoms with E-state index >= 15 is 0 Å². The first-order valence-electron chi connectivity index (χ1n) is 8.75. The van der Waals surface area contributed by atoms with Gasteiger partial charge < -0.3 is 4.42 Å². The first-order valence-corrected chi connectivity index (χ1v) is 8.75. The Morgan fingerprint density at radius 1 is 1.21 bits per heavy atom. The van der Waals surface area contributed by atoms with Gasteiger partial charge in [-0.25, -0.2) is 0 Å². The zero-order valence-electron chi connectivity index (χ0n) is 13.7. The Balaban J connectivity index is 1.36. The number of hydrogen-bond acceptors (Lipinski definition) is 5. The standard InChI is InChI=1S/C17H21N5O2/c1-22-13(2-3-18-22)14-20-21-16(24-14)19-15(23)17-7-10-4-11(8-17)6-12(5-10)9-17/h2-3,10-12H,4-9H2,1H3,(H,19,21,23). The molecule has 2 aromatic rings. The number of aromatic nitrogens is 4. The Morgan fingerprint density at radius 3 is 2.46 bits per heavy atom. The number of carbonyl (C=O) groups is 1. The van der Waals surface area contributed by atoms with E-state index in [0.717, 1.165) is 42.7 Å². The van der Waals surface area contributed by atoms with Crippen LogP contribution in [0, 0.1) is 23.2 Å². The molecule has 0 saturated heterocycles. The molecule has 0 atom stereocenters. The highest BCUT2D eigenvalue weighted by Gasteiger charge is 2.54. The van der Waals surface area contributed by atoms with E-state index in [1.54, 1.807) is 16.9 Å². The van der Waals surface area contributed by atoms with E-state index in [4.69, 9.17) is 4.42 Å². The Labute approximate surface area is 139 Å². The Bertz CT molecular complexity index is 757. The molecule has 0 unspecified atom stereocenters. The number of amides is 1. The lowest BCUT2D eigenvalue weighted by Gasteiger charge is -2.55. The summed E-state index contributed by atoms with van der Waals surface area (Å²) in [4.78, 5) is 13.0. The van der Waals surface area contributed by atoms with Crippen molar-refractivity contribution in [3.63, 3.8) is 0 Å². The molecule has 0 aromatic carbocycles. The lowest BCUT2D eigenvalue weighted by molar-refractivity contribution is -0.140. The second-order valence-electron chi connectivity index (χ2n) is 7.90. The fraction of sp³-hybridized carbons (Fsp3) is 0.647. The summed E-state index contributed by atoms with van der Waals surface area (Å²) in [5, 5.41) is 15.0. The van der Waals surface area contributed by atoms with Gasteiger partial charge in [0, 0.05) is 13.2 Å². The fourth-order valence-electron chi connectivity index (χ4n) is 5.58. The highest BCUT2D eigenvalue weighted by Crippen LogP contribution is 2.60. The van der Waals surface area contributed by atoms with Gasteiger partial charge in [0.15, 0.2) is 0 Å². The molecule has 7 nitrogen and oxygen atoms in total. The van der Waals surface area contributed by atoms with E-state index < -0.39 is 0 Å². The molecule has 4 bridgehead atoms. The van der Waals surface area contributed by atoms with E-state index in [-0.39, 0.29) is 17.3 Å². The highest BCUT2D eigenvalue weighted by molar-refractivity contribution is 5.94. The maximum absolute atomic E-state index is 13.0. The van der Waals surface area contributed by atoms with Crippen molar-refractivity contribution in [3.8, 4) is 11.6 Å². The van der Waals surface area contributed by atoms with Crippen molar-refractivity contribution in [2.45, 2.75) is 38.5 Å². The Morgan fingerprint density at radius 2 is 1.88 bits per heavy atom. The van der Waals surface area contributed by atoms with Gasteiger partial charge in [-0.05, 0) is 62.3 Å². The lowest BCUT2D eigenvalue weighted by atomic mass is 9.49. The van der Waals surface area contributed by atoms with Crippen molar-refractivity contribution in [3.05, 3.63) is 12.3 Å². The fourth-order valence-corrected chi connectivity index (χ4v) is 5.58. The molecule has 4 aliphatic carbocycles. The van der Waals surface area contributed by atoms with E-state index in [1.807, 2.05) is 7.05 Å². The molecule has 4 aliphatic rings. The number of anilines is 1. The minimum Gasteiger partial charge on any atom is -0.401 e. The zero-order chi connectivity index (χ0) is 16.3. The predicted molar refractivity (Wildman–Crippen MR) is 85.7 cm³/mol. The van der Waals surface area contributed by atoms with Gasteiger partial charge >= 0.3 is 6.01 Å². The second kappa shape index (κ2) is 4.91. The molecule has 2 heterocycles. The molecule has 6 rings (SSSR count). The lowest BCUT2D eigenvalue weighted by Crippen LogP contribution is -2.51. The van der Waals surface area contributed by atoms with Gasteiger partial charge in [-0.1, -0.05) is 5.10 Å². The molecular weight excluding hydrogens is 306 g/mol. The van der Waals surface area contributed by atoms with Crippen LogP contribution >= 0.6 is 0 Å². The summed E-state index contributed by atoms with van der Waals surface area (Å²) in [6.07, 6.45) is 8.69. The Hall–Kier alpha value is -2.18. The number of carbonyl (C=O) groups excluding carboxylic acids is 1. The summed E-state index contributed by atoms with van der Waals surface area (Å²) in [6, 6.07) is 1.99. The van der Waals surface area contributed by atoms with Crippen LogP contribution in [0.25, 0.3) is 11.6 Å². The SMILES string of the molecule is Cn1nccc1-c1nnc(NC(=O)C23CC4CC(CC(C4)C2)C3)o1. The summed E-state index contributed by atoms with van der Waals surface area (Å²) in [6.45, 7) is 0. The van der Waals surface area contributed by atoms with Crippen molar-refractivity contribution in [1.29, 1.82) is 0 Å². The highest BCUT2D eigenvalue weighted by atomic mass is 16.4. The molecule has 126 valence electrons. The van der Waals surface area contributed by atoms with Crippen LogP contribution in [-0.4, -0.2) is 25.9 Å². The molecule has 24 heavy (non-hydrogen) atoms. The van der Waals surface area contributed by atoms with Gasteiger partial charge in [0.2, 0.25) is 5.91 Å². The van der Waals surface area contributed by atoms with E-state index in [1.165, 1.54) is 19.3 Å². The van der Waals surface area contributed by atoms with Crippen LogP contribution < -0.4 is 5.32 Å². The maximum Gasteiger partial charge on any atom is 0.322 e. The topological polar surface area (TPSA) is 85.8 Å². The van der Waals surface area contributed by atoms with Gasteiger partial charge in [-0.15, -0.1) is 5.10 Å². The van der Waals surface area contributed by atoms with Crippen LogP contribution in [0.3, 0.4) is 0 Å². The zero-order valence-corrected chi connectivity index (χ0v) is 13.7. The summed E-state index contributed by atoms with van der Waals surface area (Å²) < 4.78 is 7.29. The molecule has 0 aliphatic heterocycles. The summed E-state index contributed by atoms with van der Waals surface area (Å²) in [5.41, 5.74) is 0.522. The third-order valence-corrected chi connectivity index (χ3v) is 6.21. The maximum atomic E-state index is 13.0. The molecule has 1 N–H and O–H groups in total. The molecule has 7 heteroatoms. The molecule has 4 fully saturated rings. The van der Waals surface area contributed by atoms with Crippen molar-refractivity contribution in [2.75, 3.05) is 5.32 Å². The minimum atomic E-state index is -0.212. The van der Waals surface area contributed by atoms with Crippen molar-refractivity contribution < 1.29 is 9.21 Å². The number of nitrogens with one attached hydrogen (secondary N) is 1. The first kappa shape index (κ1) is 14.2. The molecule has 0 radical (unpaired) electrons. The number of rotatable bonds is 3. The third kappa shape index (κ3) is 2.10. The monoisotopic (exact) mass is 327 g/mol.